The minimum Gasteiger partial charge on any atom is -0.423 e. The van der Waals surface area contributed by atoms with Gasteiger partial charge < -0.3 is 14.6 Å². The first kappa shape index (κ1) is 14.9. The highest BCUT2D eigenvalue weighted by molar-refractivity contribution is 5.67. The van der Waals surface area contributed by atoms with Crippen molar-refractivity contribution in [2.45, 2.75) is 26.3 Å². The van der Waals surface area contributed by atoms with Gasteiger partial charge >= 0.3 is 6.09 Å². The number of carbonyl (C=O) groups is 1. The molecule has 0 bridgehead atoms. The lowest BCUT2D eigenvalue weighted by molar-refractivity contribution is -0.656. The van der Waals surface area contributed by atoms with E-state index in [4.69, 9.17) is 4.74 Å². The van der Waals surface area contributed by atoms with Gasteiger partial charge in [-0.25, -0.2) is 4.79 Å². The van der Waals surface area contributed by atoms with Gasteiger partial charge in [-0.2, -0.15) is 0 Å². The first-order valence-corrected chi connectivity index (χ1v) is 6.95. The van der Waals surface area contributed by atoms with Gasteiger partial charge in [0.2, 0.25) is 6.73 Å². The molecule has 0 fully saturated rings. The molecule has 2 rings (SSSR count). The molecular weight excluding hydrogens is 264 g/mol. The van der Waals surface area contributed by atoms with Gasteiger partial charge in [0.15, 0.2) is 0 Å². The van der Waals surface area contributed by atoms with Crippen LogP contribution in [0.25, 0.3) is 0 Å². The van der Waals surface area contributed by atoms with Gasteiger partial charge in [-0.05, 0) is 25.8 Å². The third-order valence-electron chi connectivity index (χ3n) is 3.05. The van der Waals surface area contributed by atoms with Crippen LogP contribution in [0.15, 0.2) is 54.9 Å². The Bertz CT molecular complexity index is 567. The van der Waals surface area contributed by atoms with Crippen molar-refractivity contribution < 1.29 is 14.1 Å². The fourth-order valence-corrected chi connectivity index (χ4v) is 1.95. The van der Waals surface area contributed by atoms with E-state index in [0.29, 0.717) is 0 Å². The molecule has 1 aromatic carbocycles. The highest BCUT2D eigenvalue weighted by Crippen LogP contribution is 2.02. The third kappa shape index (κ3) is 5.18. The molecule has 1 atom stereocenters. The number of aryl methyl sites for hydroxylation is 1. The van der Waals surface area contributed by atoms with Gasteiger partial charge in [0, 0.05) is 6.04 Å². The Morgan fingerprint density at radius 1 is 1.24 bits per heavy atom. The molecule has 0 aliphatic heterocycles. The van der Waals surface area contributed by atoms with Crippen molar-refractivity contribution in [3.8, 4) is 0 Å². The summed E-state index contributed by atoms with van der Waals surface area (Å²) in [5.41, 5.74) is 2.34. The van der Waals surface area contributed by atoms with Crippen molar-refractivity contribution in [2.75, 3.05) is 0 Å². The number of amides is 1. The Hall–Kier alpha value is -2.49. The van der Waals surface area contributed by atoms with Gasteiger partial charge in [0.1, 0.15) is 0 Å². The van der Waals surface area contributed by atoms with E-state index in [1.807, 2.05) is 68.7 Å². The third-order valence-corrected chi connectivity index (χ3v) is 3.05. The normalized spacial score (nSPS) is 11.5. The molecule has 0 radical (unpaired) electrons. The van der Waals surface area contributed by atoms with E-state index in [0.717, 1.165) is 12.0 Å². The van der Waals surface area contributed by atoms with Crippen LogP contribution in [0.1, 0.15) is 18.1 Å². The number of hydrogen-bond acceptors (Lipinski definition) is 2. The van der Waals surface area contributed by atoms with E-state index < -0.39 is 6.09 Å². The molecule has 4 heteroatoms. The number of rotatable bonds is 5. The zero-order valence-electron chi connectivity index (χ0n) is 12.3. The number of nitrogens with zero attached hydrogens (tertiary/aromatic N) is 1. The van der Waals surface area contributed by atoms with Crippen molar-refractivity contribution in [3.05, 3.63) is 72.7 Å². The monoisotopic (exact) mass is 284 g/mol. The first-order valence-electron chi connectivity index (χ1n) is 6.95. The van der Waals surface area contributed by atoms with E-state index in [2.05, 4.69) is 5.32 Å². The SMILES string of the molecule is Cc1cc[n+]([CH-]OC(=O)N[C@@H](C)Cc2ccccc2)cc1. The largest absolute Gasteiger partial charge is 0.423 e. The van der Waals surface area contributed by atoms with Gasteiger partial charge in [-0.1, -0.05) is 48.0 Å². The molecule has 0 aliphatic rings. The molecular formula is C17H20N2O2. The summed E-state index contributed by atoms with van der Waals surface area (Å²) < 4.78 is 6.75. The van der Waals surface area contributed by atoms with Gasteiger partial charge in [0.25, 0.3) is 0 Å². The number of benzene rings is 1. The second kappa shape index (κ2) is 7.33. The Balaban J connectivity index is 1.75. The smallest absolute Gasteiger partial charge is 0.404 e. The lowest BCUT2D eigenvalue weighted by atomic mass is 10.1. The summed E-state index contributed by atoms with van der Waals surface area (Å²) in [6.45, 7) is 5.33. The van der Waals surface area contributed by atoms with E-state index in [-0.39, 0.29) is 6.04 Å². The minimum absolute atomic E-state index is 0.0105. The van der Waals surface area contributed by atoms with Crippen LogP contribution in [0, 0.1) is 13.7 Å². The molecule has 0 unspecified atom stereocenters. The fraction of sp³-hybridized carbons (Fsp3) is 0.235. The topological polar surface area (TPSA) is 42.2 Å². The number of ether oxygens (including phenoxy) is 1. The average molecular weight is 284 g/mol. The van der Waals surface area contributed by atoms with E-state index >= 15 is 0 Å². The zero-order chi connectivity index (χ0) is 15.1. The van der Waals surface area contributed by atoms with Crippen molar-refractivity contribution in [1.82, 2.24) is 5.32 Å². The number of alkyl carbamates (subject to hydrolysis) is 1. The quantitative estimate of drug-likeness (QED) is 0.677. The number of aromatic nitrogens is 1. The van der Waals surface area contributed by atoms with Crippen molar-refractivity contribution in [3.63, 3.8) is 0 Å². The fourth-order valence-electron chi connectivity index (χ4n) is 1.95. The maximum absolute atomic E-state index is 11.7. The highest BCUT2D eigenvalue weighted by Gasteiger charge is 2.09. The Kier molecular flexibility index (Phi) is 5.21. The number of pyridine rings is 1. The lowest BCUT2D eigenvalue weighted by Gasteiger charge is -2.14. The van der Waals surface area contributed by atoms with Crippen LogP contribution in [0.3, 0.4) is 0 Å². The molecule has 0 spiro atoms. The summed E-state index contributed by atoms with van der Waals surface area (Å²) in [6, 6.07) is 13.9. The molecule has 1 heterocycles. The summed E-state index contributed by atoms with van der Waals surface area (Å²) in [4.78, 5) is 11.7. The van der Waals surface area contributed by atoms with Gasteiger partial charge in [0.05, 0.1) is 12.4 Å². The maximum atomic E-state index is 11.7. The lowest BCUT2D eigenvalue weighted by Crippen LogP contribution is -2.39. The Morgan fingerprint density at radius 2 is 1.90 bits per heavy atom. The molecule has 1 N–H and O–H groups in total. The second-order valence-electron chi connectivity index (χ2n) is 5.07. The summed E-state index contributed by atoms with van der Waals surface area (Å²) >= 11 is 0. The molecule has 21 heavy (non-hydrogen) atoms. The predicted molar refractivity (Wildman–Crippen MR) is 80.3 cm³/mol. The molecule has 1 amide bonds. The molecule has 1 aromatic heterocycles. The van der Waals surface area contributed by atoms with E-state index in [1.165, 1.54) is 12.3 Å². The van der Waals surface area contributed by atoms with Crippen LogP contribution in [-0.4, -0.2) is 12.1 Å². The molecule has 110 valence electrons. The summed E-state index contributed by atoms with van der Waals surface area (Å²) in [5.74, 6) is 0. The Labute approximate surface area is 125 Å². The van der Waals surface area contributed by atoms with Crippen LogP contribution in [0.5, 0.6) is 0 Å². The van der Waals surface area contributed by atoms with Gasteiger partial charge in [-0.15, -0.1) is 0 Å². The van der Waals surface area contributed by atoms with Gasteiger partial charge in [-0.3, -0.25) is 0 Å². The second-order valence-corrected chi connectivity index (χ2v) is 5.07. The molecule has 4 nitrogen and oxygen atoms in total. The summed E-state index contributed by atoms with van der Waals surface area (Å²) in [7, 11) is 0. The predicted octanol–water partition coefficient (Wildman–Crippen LogP) is 2.61. The van der Waals surface area contributed by atoms with Crippen LogP contribution in [0.2, 0.25) is 0 Å². The van der Waals surface area contributed by atoms with Crippen LogP contribution < -0.4 is 9.88 Å². The first-order chi connectivity index (χ1) is 10.1. The van der Waals surface area contributed by atoms with Crippen molar-refractivity contribution >= 4 is 6.09 Å². The number of hydrogen-bond donors (Lipinski definition) is 1. The average Bonchev–Trinajstić information content (AvgIpc) is 2.47. The Morgan fingerprint density at radius 3 is 2.57 bits per heavy atom. The molecule has 0 aliphatic carbocycles. The maximum Gasteiger partial charge on any atom is 0.404 e. The van der Waals surface area contributed by atoms with Crippen LogP contribution in [-0.2, 0) is 11.2 Å². The number of nitrogens with one attached hydrogen (secondary N) is 1. The van der Waals surface area contributed by atoms with Crippen molar-refractivity contribution in [2.24, 2.45) is 0 Å². The standard InChI is InChI=1S/C17H20N2O2/c1-14-8-10-19(11-9-14)13-21-17(20)18-15(2)12-16-6-4-3-5-7-16/h3-11,13,15H,12H2,1-2H3,(H,18,20)/t15-/m0/s1. The minimum atomic E-state index is -0.452. The number of carbonyl (C=O) groups excluding carboxylic acids is 1. The molecule has 0 saturated heterocycles. The van der Waals surface area contributed by atoms with Crippen LogP contribution in [0.4, 0.5) is 4.79 Å². The molecule has 0 saturated carbocycles. The van der Waals surface area contributed by atoms with Crippen LogP contribution >= 0.6 is 0 Å². The van der Waals surface area contributed by atoms with E-state index in [9.17, 15) is 4.79 Å². The van der Waals surface area contributed by atoms with E-state index in [1.54, 1.807) is 4.57 Å². The molecule has 2 aromatic rings. The summed E-state index contributed by atoms with van der Waals surface area (Å²) in [5, 5.41) is 2.80. The highest BCUT2D eigenvalue weighted by atomic mass is 16.6. The zero-order valence-corrected chi connectivity index (χ0v) is 12.3. The summed E-state index contributed by atoms with van der Waals surface area (Å²) in [6.07, 6.45) is 3.98. The van der Waals surface area contributed by atoms with Crippen molar-refractivity contribution in [1.29, 1.82) is 0 Å².